The number of amidine groups is 1. The van der Waals surface area contributed by atoms with Crippen LogP contribution < -0.4 is 5.32 Å². The molecule has 134 valence electrons. The van der Waals surface area contributed by atoms with Crippen LogP contribution in [0, 0.1) is 0 Å². The number of quaternary nitrogens is 1. The van der Waals surface area contributed by atoms with Crippen LogP contribution in [0.3, 0.4) is 0 Å². The quantitative estimate of drug-likeness (QED) is 0.339. The van der Waals surface area contributed by atoms with Gasteiger partial charge in [0.1, 0.15) is 0 Å². The second-order valence-corrected chi connectivity index (χ2v) is 5.84. The smallest absolute Gasteiger partial charge is 0.304 e. The molecule has 24 heavy (non-hydrogen) atoms. The molecule has 1 aromatic carbocycles. The molecule has 0 fully saturated rings. The highest BCUT2D eigenvalue weighted by Gasteiger charge is 2.40. The maximum absolute atomic E-state index is 13.3. The number of amides is 1. The van der Waals surface area contributed by atoms with Crippen molar-refractivity contribution in [3.63, 3.8) is 0 Å². The zero-order chi connectivity index (χ0) is 18.2. The molecule has 4 nitrogen and oxygen atoms in total. The topological polar surface area (TPSA) is 49.3 Å². The minimum Gasteiger partial charge on any atom is -0.304 e. The highest BCUT2D eigenvalue weighted by molar-refractivity contribution is 6.30. The van der Waals surface area contributed by atoms with E-state index >= 15 is 0 Å². The van der Waals surface area contributed by atoms with Gasteiger partial charge in [-0.25, -0.2) is 4.79 Å². The number of primary amides is 1. The Bertz CT molecular complexity index is 562. The summed E-state index contributed by atoms with van der Waals surface area (Å²) in [7, 11) is 0. The van der Waals surface area contributed by atoms with Crippen molar-refractivity contribution in [1.82, 2.24) is 4.90 Å². The summed E-state index contributed by atoms with van der Waals surface area (Å²) < 4.78 is 39.8. The van der Waals surface area contributed by atoms with Gasteiger partial charge >= 0.3 is 12.1 Å². The molecular weight excluding hydrogens is 366 g/mol. The fraction of sp³-hybridized carbons (Fsp3) is 0.467. The monoisotopic (exact) mass is 384 g/mol. The van der Waals surface area contributed by atoms with E-state index in [1.54, 1.807) is 24.3 Å². The normalized spacial score (nSPS) is 12.3. The first-order chi connectivity index (χ1) is 11.2. The third-order valence-electron chi connectivity index (χ3n) is 3.08. The van der Waals surface area contributed by atoms with E-state index in [1.807, 2.05) is 0 Å². The first-order valence-electron chi connectivity index (χ1n) is 7.25. The third kappa shape index (κ3) is 7.51. The number of nitrogens with zero attached hydrogens (tertiary/aromatic N) is 2. The number of alkyl halides is 4. The van der Waals surface area contributed by atoms with E-state index < -0.39 is 12.0 Å². The Morgan fingerprint density at radius 2 is 1.92 bits per heavy atom. The van der Waals surface area contributed by atoms with Crippen molar-refractivity contribution in [2.45, 2.75) is 19.5 Å². The largest absolute Gasteiger partial charge is 0.449 e. The molecule has 0 bridgehead atoms. The van der Waals surface area contributed by atoms with Gasteiger partial charge in [-0.3, -0.25) is 10.3 Å². The average Bonchev–Trinajstić information content (AvgIpc) is 2.49. The van der Waals surface area contributed by atoms with Gasteiger partial charge in [-0.2, -0.15) is 13.2 Å². The summed E-state index contributed by atoms with van der Waals surface area (Å²) in [5, 5.41) is 1.73. The number of benzene rings is 1. The summed E-state index contributed by atoms with van der Waals surface area (Å²) in [6, 6.07) is 6.83. The molecule has 1 aromatic rings. The molecule has 0 aromatic heterocycles. The van der Waals surface area contributed by atoms with Crippen LogP contribution in [0.2, 0.25) is 5.02 Å². The Balaban J connectivity index is 2.84. The molecule has 0 spiro atoms. The molecular formula is C15H19Cl2F3N3O+. The minimum atomic E-state index is -4.61. The third-order valence-corrected chi connectivity index (χ3v) is 3.50. The van der Waals surface area contributed by atoms with Gasteiger partial charge < -0.3 is 4.90 Å². The van der Waals surface area contributed by atoms with E-state index in [0.29, 0.717) is 11.4 Å². The van der Waals surface area contributed by atoms with Crippen molar-refractivity contribution < 1.29 is 23.3 Å². The van der Waals surface area contributed by atoms with Crippen LogP contribution in [0.15, 0.2) is 29.3 Å². The molecule has 0 saturated carbocycles. The predicted octanol–water partition coefficient (Wildman–Crippen LogP) is 2.45. The Kier molecular flexibility index (Phi) is 8.52. The van der Waals surface area contributed by atoms with Gasteiger partial charge in [0.2, 0.25) is 5.84 Å². The summed E-state index contributed by atoms with van der Waals surface area (Å²) in [4.78, 5) is 15.7. The molecule has 0 unspecified atom stereocenters. The lowest BCUT2D eigenvalue weighted by molar-refractivity contribution is -0.583. The average molecular weight is 385 g/mol. The van der Waals surface area contributed by atoms with Gasteiger partial charge in [0.25, 0.3) is 0 Å². The highest BCUT2D eigenvalue weighted by atomic mass is 35.5. The maximum atomic E-state index is 13.3. The number of carbonyl (C=O) groups excluding carboxylic acids is 1. The molecule has 0 aliphatic carbocycles. The molecule has 0 saturated heterocycles. The summed E-state index contributed by atoms with van der Waals surface area (Å²) in [5.41, 5.74) is 0.837. The van der Waals surface area contributed by atoms with Crippen molar-refractivity contribution >= 4 is 34.9 Å². The summed E-state index contributed by atoms with van der Waals surface area (Å²) in [6.45, 7) is 1.02. The van der Waals surface area contributed by atoms with Crippen LogP contribution in [-0.2, 0) is 11.2 Å². The number of carbonyl (C=O) groups is 1. The van der Waals surface area contributed by atoms with E-state index in [-0.39, 0.29) is 31.5 Å². The molecule has 0 atom stereocenters. The molecule has 1 rings (SSSR count). The van der Waals surface area contributed by atoms with E-state index in [9.17, 15) is 18.0 Å². The first kappa shape index (κ1) is 20.7. The van der Waals surface area contributed by atoms with Crippen molar-refractivity contribution in [3.05, 3.63) is 34.9 Å². The number of aliphatic imine (C=N–C) groups is 1. The zero-order valence-corrected chi connectivity index (χ0v) is 14.6. The lowest BCUT2D eigenvalue weighted by Crippen LogP contribution is -2.90. The fourth-order valence-corrected chi connectivity index (χ4v) is 2.27. The van der Waals surface area contributed by atoms with Gasteiger partial charge in [-0.05, 0) is 24.1 Å². The van der Waals surface area contributed by atoms with Gasteiger partial charge in [0.15, 0.2) is 6.67 Å². The second-order valence-electron chi connectivity index (χ2n) is 5.03. The van der Waals surface area contributed by atoms with Crippen LogP contribution in [-0.4, -0.2) is 48.5 Å². The first-order valence-corrected chi connectivity index (χ1v) is 8.16. The van der Waals surface area contributed by atoms with Gasteiger partial charge in [0.05, 0.1) is 6.92 Å². The Morgan fingerprint density at radius 1 is 1.29 bits per heavy atom. The maximum Gasteiger partial charge on any atom is 0.449 e. The van der Waals surface area contributed by atoms with Crippen LogP contribution in [0.5, 0.6) is 0 Å². The predicted molar refractivity (Wildman–Crippen MR) is 88.4 cm³/mol. The number of hydrogen-bond donors (Lipinski definition) is 1. The summed E-state index contributed by atoms with van der Waals surface area (Å²) in [6.07, 6.45) is -4.27. The van der Waals surface area contributed by atoms with Gasteiger partial charge in [-0.1, -0.05) is 23.7 Å². The Hall–Kier alpha value is -1.31. The molecule has 0 heterocycles. The fourth-order valence-electron chi connectivity index (χ4n) is 1.94. The molecule has 0 aliphatic rings. The SMILES string of the molecule is CC(=O)[NH2+]CN(CCCl)C(=NCCc1ccc(Cl)cc1)C(F)(F)F. The molecule has 2 N–H and O–H groups in total. The van der Waals surface area contributed by atoms with Crippen LogP contribution in [0.25, 0.3) is 0 Å². The lowest BCUT2D eigenvalue weighted by Gasteiger charge is -2.24. The number of hydrogen-bond acceptors (Lipinski definition) is 2. The van der Waals surface area contributed by atoms with Gasteiger partial charge in [-0.15, -0.1) is 11.6 Å². The van der Waals surface area contributed by atoms with Crippen molar-refractivity contribution in [2.75, 3.05) is 25.6 Å². The molecule has 1 amide bonds. The standard InChI is InChI=1S/C15H18Cl2F3N3O/c1-11(24)22-10-23(9-7-16)14(15(18,19)20)21-8-6-12-2-4-13(17)5-3-12/h2-5H,6-10H2,1H3,(H,22,24)/p+1. The number of halogens is 5. The number of rotatable bonds is 7. The minimum absolute atomic E-state index is 0.00196. The Morgan fingerprint density at radius 3 is 2.42 bits per heavy atom. The molecule has 0 radical (unpaired) electrons. The molecule has 9 heteroatoms. The van der Waals surface area contributed by atoms with Gasteiger partial charge in [0, 0.05) is 24.0 Å². The van der Waals surface area contributed by atoms with E-state index in [2.05, 4.69) is 4.99 Å². The van der Waals surface area contributed by atoms with E-state index in [1.165, 1.54) is 12.2 Å². The van der Waals surface area contributed by atoms with E-state index in [0.717, 1.165) is 10.5 Å². The van der Waals surface area contributed by atoms with Crippen LogP contribution in [0.4, 0.5) is 13.2 Å². The highest BCUT2D eigenvalue weighted by Crippen LogP contribution is 2.20. The van der Waals surface area contributed by atoms with Crippen molar-refractivity contribution in [3.8, 4) is 0 Å². The molecule has 0 aliphatic heterocycles. The Labute approximate surface area is 148 Å². The summed E-state index contributed by atoms with van der Waals surface area (Å²) in [5.74, 6) is -1.33. The van der Waals surface area contributed by atoms with Crippen LogP contribution >= 0.6 is 23.2 Å². The van der Waals surface area contributed by atoms with Crippen molar-refractivity contribution in [1.29, 1.82) is 0 Å². The van der Waals surface area contributed by atoms with Crippen LogP contribution in [0.1, 0.15) is 12.5 Å². The number of nitrogens with two attached hydrogens (primary N) is 1. The van der Waals surface area contributed by atoms with Crippen molar-refractivity contribution in [2.24, 2.45) is 4.99 Å². The summed E-state index contributed by atoms with van der Waals surface area (Å²) >= 11 is 11.3. The lowest BCUT2D eigenvalue weighted by atomic mass is 10.1. The zero-order valence-electron chi connectivity index (χ0n) is 13.1. The second kappa shape index (κ2) is 9.86. The van der Waals surface area contributed by atoms with E-state index in [4.69, 9.17) is 23.2 Å².